The topological polar surface area (TPSA) is 43.8 Å². The summed E-state index contributed by atoms with van der Waals surface area (Å²) in [7, 11) is 5.52. The fraction of sp³-hybridized carbons (Fsp3) is 0.533. The number of carbonyl (C=O) groups excluding carboxylic acids is 1. The van der Waals surface area contributed by atoms with Crippen LogP contribution in [-0.2, 0) is 6.54 Å². The molecule has 0 aromatic heterocycles. The Morgan fingerprint density at radius 2 is 2.00 bits per heavy atom. The van der Waals surface area contributed by atoms with Crippen LogP contribution in [0.2, 0.25) is 0 Å². The first-order valence-corrected chi connectivity index (χ1v) is 6.57. The molecule has 0 spiro atoms. The molecule has 0 aliphatic heterocycles. The van der Waals surface area contributed by atoms with Gasteiger partial charge < -0.3 is 14.9 Å². The van der Waals surface area contributed by atoms with Gasteiger partial charge in [0.15, 0.2) is 0 Å². The average Bonchev–Trinajstić information content (AvgIpc) is 2.35. The number of aliphatic hydroxyl groups is 1. The summed E-state index contributed by atoms with van der Waals surface area (Å²) in [5, 5.41) is 9.27. The van der Waals surface area contributed by atoms with Crippen LogP contribution in [0.3, 0.4) is 0 Å². The summed E-state index contributed by atoms with van der Waals surface area (Å²) in [5.74, 6) is 0.0217. The van der Waals surface area contributed by atoms with E-state index in [1.165, 1.54) is 0 Å². The van der Waals surface area contributed by atoms with E-state index in [0.717, 1.165) is 25.1 Å². The lowest BCUT2D eigenvalue weighted by atomic mass is 10.1. The molecule has 1 aromatic rings. The second-order valence-corrected chi connectivity index (χ2v) is 5.28. The highest BCUT2D eigenvalue weighted by Gasteiger charge is 2.09. The van der Waals surface area contributed by atoms with Gasteiger partial charge in [-0.05, 0) is 38.1 Å². The maximum Gasteiger partial charge on any atom is 0.253 e. The number of amides is 1. The van der Waals surface area contributed by atoms with Crippen molar-refractivity contribution in [1.29, 1.82) is 0 Å². The number of rotatable bonds is 6. The van der Waals surface area contributed by atoms with E-state index in [2.05, 4.69) is 4.90 Å². The van der Waals surface area contributed by atoms with Gasteiger partial charge in [0.05, 0.1) is 6.10 Å². The average molecular weight is 264 g/mol. The van der Waals surface area contributed by atoms with E-state index in [-0.39, 0.29) is 12.0 Å². The molecule has 1 amide bonds. The van der Waals surface area contributed by atoms with Gasteiger partial charge in [0, 0.05) is 32.7 Å². The Bertz CT molecular complexity index is 416. The fourth-order valence-corrected chi connectivity index (χ4v) is 1.86. The van der Waals surface area contributed by atoms with E-state index in [1.54, 1.807) is 25.9 Å². The van der Waals surface area contributed by atoms with Gasteiger partial charge in [0.1, 0.15) is 0 Å². The molecule has 0 aliphatic rings. The Labute approximate surface area is 115 Å². The number of benzene rings is 1. The molecule has 1 unspecified atom stereocenters. The van der Waals surface area contributed by atoms with Crippen molar-refractivity contribution in [2.24, 2.45) is 0 Å². The smallest absolute Gasteiger partial charge is 0.253 e. The number of nitrogens with zero attached hydrogens (tertiary/aromatic N) is 2. The second-order valence-electron chi connectivity index (χ2n) is 5.28. The molecule has 1 atom stereocenters. The third-order valence-corrected chi connectivity index (χ3v) is 2.96. The Hall–Kier alpha value is -1.39. The second kappa shape index (κ2) is 7.26. The van der Waals surface area contributed by atoms with E-state index in [9.17, 15) is 9.90 Å². The predicted octanol–water partition coefficient (Wildman–Crippen LogP) is 1.59. The van der Waals surface area contributed by atoms with Gasteiger partial charge in [0.25, 0.3) is 5.91 Å². The molecule has 1 aromatic carbocycles. The summed E-state index contributed by atoms with van der Waals surface area (Å²) in [6, 6.07) is 7.70. The lowest BCUT2D eigenvalue weighted by molar-refractivity contribution is 0.0827. The Morgan fingerprint density at radius 3 is 2.58 bits per heavy atom. The Kier molecular flexibility index (Phi) is 5.99. The number of carbonyl (C=O) groups is 1. The lowest BCUT2D eigenvalue weighted by Gasteiger charge is -2.18. The maximum absolute atomic E-state index is 11.9. The molecular weight excluding hydrogens is 240 g/mol. The minimum Gasteiger partial charge on any atom is -0.393 e. The molecule has 1 rings (SSSR count). The van der Waals surface area contributed by atoms with Crippen molar-refractivity contribution in [3.63, 3.8) is 0 Å². The quantitative estimate of drug-likeness (QED) is 0.848. The third kappa shape index (κ3) is 5.41. The molecule has 0 saturated heterocycles. The van der Waals surface area contributed by atoms with Crippen LogP contribution in [-0.4, -0.2) is 54.6 Å². The van der Waals surface area contributed by atoms with Gasteiger partial charge in [-0.3, -0.25) is 4.79 Å². The molecule has 4 heteroatoms. The van der Waals surface area contributed by atoms with E-state index in [4.69, 9.17) is 0 Å². The normalized spacial score (nSPS) is 12.5. The van der Waals surface area contributed by atoms with E-state index in [1.807, 2.05) is 31.3 Å². The molecule has 4 nitrogen and oxygen atoms in total. The van der Waals surface area contributed by atoms with E-state index in [0.29, 0.717) is 5.56 Å². The summed E-state index contributed by atoms with van der Waals surface area (Å²) < 4.78 is 0. The summed E-state index contributed by atoms with van der Waals surface area (Å²) in [6.45, 7) is 3.41. The van der Waals surface area contributed by atoms with Crippen LogP contribution in [0.15, 0.2) is 24.3 Å². The van der Waals surface area contributed by atoms with Gasteiger partial charge in [-0.15, -0.1) is 0 Å². The largest absolute Gasteiger partial charge is 0.393 e. The number of hydrogen-bond donors (Lipinski definition) is 1. The minimum absolute atomic E-state index is 0.0217. The van der Waals surface area contributed by atoms with Gasteiger partial charge >= 0.3 is 0 Å². The van der Waals surface area contributed by atoms with Crippen molar-refractivity contribution < 1.29 is 9.90 Å². The molecule has 0 fully saturated rings. The minimum atomic E-state index is -0.274. The fourth-order valence-electron chi connectivity index (χ4n) is 1.86. The van der Waals surface area contributed by atoms with E-state index >= 15 is 0 Å². The van der Waals surface area contributed by atoms with Gasteiger partial charge in [-0.1, -0.05) is 12.1 Å². The van der Waals surface area contributed by atoms with Crippen LogP contribution in [0.4, 0.5) is 0 Å². The highest BCUT2D eigenvalue weighted by molar-refractivity contribution is 5.94. The van der Waals surface area contributed by atoms with Crippen molar-refractivity contribution in [2.45, 2.75) is 26.0 Å². The van der Waals surface area contributed by atoms with Crippen LogP contribution >= 0.6 is 0 Å². The molecule has 0 radical (unpaired) electrons. The molecular formula is C15H24N2O2. The Balaban J connectivity index is 2.64. The zero-order valence-electron chi connectivity index (χ0n) is 12.3. The highest BCUT2D eigenvalue weighted by atomic mass is 16.3. The van der Waals surface area contributed by atoms with E-state index < -0.39 is 0 Å². The summed E-state index contributed by atoms with van der Waals surface area (Å²) in [5.41, 5.74) is 1.83. The van der Waals surface area contributed by atoms with Crippen LogP contribution < -0.4 is 0 Å². The van der Waals surface area contributed by atoms with Crippen molar-refractivity contribution in [3.8, 4) is 0 Å². The number of aliphatic hydroxyl groups excluding tert-OH is 1. The maximum atomic E-state index is 11.9. The number of hydrogen-bond acceptors (Lipinski definition) is 3. The molecule has 19 heavy (non-hydrogen) atoms. The highest BCUT2D eigenvalue weighted by Crippen LogP contribution is 2.09. The first-order chi connectivity index (χ1) is 8.90. The van der Waals surface area contributed by atoms with Crippen LogP contribution in [0.25, 0.3) is 0 Å². The summed E-state index contributed by atoms with van der Waals surface area (Å²) >= 11 is 0. The van der Waals surface area contributed by atoms with Crippen molar-refractivity contribution >= 4 is 5.91 Å². The lowest BCUT2D eigenvalue weighted by Crippen LogP contribution is -2.23. The van der Waals surface area contributed by atoms with Gasteiger partial charge in [-0.2, -0.15) is 0 Å². The van der Waals surface area contributed by atoms with Gasteiger partial charge in [0.2, 0.25) is 0 Å². The Morgan fingerprint density at radius 1 is 1.32 bits per heavy atom. The third-order valence-electron chi connectivity index (χ3n) is 2.96. The SMILES string of the molecule is CC(O)CCN(C)Cc1cccc(C(=O)N(C)C)c1. The zero-order chi connectivity index (χ0) is 14.4. The summed E-state index contributed by atoms with van der Waals surface area (Å²) in [6.07, 6.45) is 0.483. The molecule has 106 valence electrons. The molecule has 0 aliphatic carbocycles. The van der Waals surface area contributed by atoms with Gasteiger partial charge in [-0.25, -0.2) is 0 Å². The molecule has 1 N–H and O–H groups in total. The molecule has 0 saturated carbocycles. The zero-order valence-corrected chi connectivity index (χ0v) is 12.3. The molecule has 0 bridgehead atoms. The molecule has 0 heterocycles. The van der Waals surface area contributed by atoms with Crippen molar-refractivity contribution in [3.05, 3.63) is 35.4 Å². The van der Waals surface area contributed by atoms with Crippen LogP contribution in [0.5, 0.6) is 0 Å². The first kappa shape index (κ1) is 15.7. The monoisotopic (exact) mass is 264 g/mol. The standard InChI is InChI=1S/C15H24N2O2/c1-12(18)8-9-17(4)11-13-6-5-7-14(10-13)15(19)16(2)3/h5-7,10,12,18H,8-9,11H2,1-4H3. The first-order valence-electron chi connectivity index (χ1n) is 6.57. The summed E-state index contributed by atoms with van der Waals surface area (Å²) in [4.78, 5) is 15.6. The van der Waals surface area contributed by atoms with Crippen LogP contribution in [0, 0.1) is 0 Å². The van der Waals surface area contributed by atoms with Crippen molar-refractivity contribution in [2.75, 3.05) is 27.7 Å². The predicted molar refractivity (Wildman–Crippen MR) is 77.1 cm³/mol. The van der Waals surface area contributed by atoms with Crippen LogP contribution in [0.1, 0.15) is 29.3 Å². The van der Waals surface area contributed by atoms with Crippen molar-refractivity contribution in [1.82, 2.24) is 9.80 Å².